The molecule has 0 aliphatic heterocycles. The van der Waals surface area contributed by atoms with E-state index in [4.69, 9.17) is 19.4 Å². The minimum Gasteiger partial charge on any atom is -0.456 e. The van der Waals surface area contributed by atoms with E-state index in [-0.39, 0.29) is 0 Å². The molecule has 3 aliphatic rings. The molecule has 0 saturated carbocycles. The van der Waals surface area contributed by atoms with Crippen LogP contribution in [0.3, 0.4) is 0 Å². The number of rotatable bonds is 6. The van der Waals surface area contributed by atoms with Gasteiger partial charge >= 0.3 is 0 Å². The van der Waals surface area contributed by atoms with Crippen LogP contribution < -0.4 is 0 Å². The van der Waals surface area contributed by atoms with Crippen LogP contribution in [0, 0.1) is 0 Å². The first-order valence-electron chi connectivity index (χ1n) is 25.9. The van der Waals surface area contributed by atoms with Crippen LogP contribution >= 0.6 is 0 Å². The smallest absolute Gasteiger partial charge is 0.164 e. The van der Waals surface area contributed by atoms with Crippen LogP contribution in [0.15, 0.2) is 247 Å². The molecule has 1 spiro atoms. The predicted molar refractivity (Wildman–Crippen MR) is 306 cm³/mol. The van der Waals surface area contributed by atoms with Gasteiger partial charge in [-0.1, -0.05) is 188 Å². The van der Waals surface area contributed by atoms with Crippen molar-refractivity contribution < 1.29 is 4.42 Å². The standard InChI is InChI=1S/C70H44N4O/c1-3-16-43(17-4-1)44-30-32-45(33-31-44)67-71-68(48-34-37-53-52-22-9-13-27-60(52)70(61(53)42-48)58-25-11-7-20-50(58)51-21-8-12-26-59(51)70)73-69(72-67)55-24-15-29-65-66(55)57-41-47(36-39-64(57)75-65)46-35-38-63-56(40-46)54-23-10-14-28-62(54)74(63)49-18-5-2-6-19-49/h1-30,32,34-42H,31,33H2. The molecule has 350 valence electrons. The van der Waals surface area contributed by atoms with E-state index in [0.29, 0.717) is 17.5 Å². The van der Waals surface area contributed by atoms with Crippen LogP contribution in [0.4, 0.5) is 0 Å². The quantitative estimate of drug-likeness (QED) is 0.167. The second-order valence-corrected chi connectivity index (χ2v) is 20.1. The van der Waals surface area contributed by atoms with Crippen molar-refractivity contribution in [3.05, 3.63) is 276 Å². The van der Waals surface area contributed by atoms with Gasteiger partial charge in [-0.25, -0.2) is 15.0 Å². The van der Waals surface area contributed by atoms with Gasteiger partial charge in [0.2, 0.25) is 0 Å². The van der Waals surface area contributed by atoms with E-state index in [2.05, 4.69) is 247 Å². The summed E-state index contributed by atoms with van der Waals surface area (Å²) in [6, 6.07) is 83.3. The number of benzene rings is 10. The molecule has 75 heavy (non-hydrogen) atoms. The highest BCUT2D eigenvalue weighted by Crippen LogP contribution is 2.63. The normalized spacial score (nSPS) is 14.0. The molecule has 0 atom stereocenters. The SMILES string of the molecule is C1=C(c2ccccc2)CCC(c2nc(-c3ccc4c(c3)C3(c5ccccc5-c5ccccc53)c3ccccc3-4)nc(-c3cccc4oc5ccc(-c6ccc7c(c6)c6ccccc6n7-c6ccccc6)cc5c34)n2)=C1. The van der Waals surface area contributed by atoms with Gasteiger partial charge in [0.25, 0.3) is 0 Å². The van der Waals surface area contributed by atoms with Crippen LogP contribution in [-0.4, -0.2) is 19.5 Å². The number of furan rings is 1. The molecule has 3 heterocycles. The molecule has 10 aromatic carbocycles. The van der Waals surface area contributed by atoms with Gasteiger partial charge < -0.3 is 8.98 Å². The van der Waals surface area contributed by atoms with Crippen LogP contribution in [0.5, 0.6) is 0 Å². The topological polar surface area (TPSA) is 56.7 Å². The Morgan fingerprint density at radius 1 is 0.347 bits per heavy atom. The number of para-hydroxylation sites is 2. The van der Waals surface area contributed by atoms with E-state index in [1.807, 2.05) is 0 Å². The molecule has 0 unspecified atom stereocenters. The molecule has 0 radical (unpaired) electrons. The van der Waals surface area contributed by atoms with Crippen molar-refractivity contribution in [3.63, 3.8) is 0 Å². The fourth-order valence-corrected chi connectivity index (χ4v) is 12.9. The zero-order chi connectivity index (χ0) is 49.2. The van der Waals surface area contributed by atoms with Gasteiger partial charge in [-0.2, -0.15) is 0 Å². The molecule has 5 heteroatoms. The summed E-state index contributed by atoms with van der Waals surface area (Å²) in [6.45, 7) is 0. The molecule has 5 nitrogen and oxygen atoms in total. The molecular weight excluding hydrogens is 913 g/mol. The lowest BCUT2D eigenvalue weighted by Crippen LogP contribution is -2.25. The lowest BCUT2D eigenvalue weighted by atomic mass is 9.70. The molecule has 0 amide bonds. The Morgan fingerprint density at radius 2 is 0.907 bits per heavy atom. The Labute approximate surface area is 433 Å². The van der Waals surface area contributed by atoms with E-state index in [0.717, 1.165) is 68.3 Å². The lowest BCUT2D eigenvalue weighted by Gasteiger charge is -2.30. The summed E-state index contributed by atoms with van der Waals surface area (Å²) in [5.74, 6) is 1.93. The summed E-state index contributed by atoms with van der Waals surface area (Å²) in [5, 5.41) is 4.42. The largest absolute Gasteiger partial charge is 0.456 e. The predicted octanol–water partition coefficient (Wildman–Crippen LogP) is 17.5. The summed E-state index contributed by atoms with van der Waals surface area (Å²) in [6.07, 6.45) is 6.14. The minimum atomic E-state index is -0.499. The minimum absolute atomic E-state index is 0.499. The third-order valence-corrected chi connectivity index (χ3v) is 16.2. The van der Waals surface area contributed by atoms with Crippen molar-refractivity contribution in [1.82, 2.24) is 19.5 Å². The molecule has 3 aromatic heterocycles. The second-order valence-electron chi connectivity index (χ2n) is 20.1. The Hall–Kier alpha value is -9.71. The molecule has 0 bridgehead atoms. The first-order valence-corrected chi connectivity index (χ1v) is 25.9. The zero-order valence-electron chi connectivity index (χ0n) is 40.7. The fourth-order valence-electron chi connectivity index (χ4n) is 12.9. The van der Waals surface area contributed by atoms with Crippen molar-refractivity contribution in [2.75, 3.05) is 0 Å². The fraction of sp³-hybridized carbons (Fsp3) is 0.0429. The number of hydrogen-bond donors (Lipinski definition) is 0. The van der Waals surface area contributed by atoms with Crippen LogP contribution in [0.1, 0.15) is 46.5 Å². The maximum Gasteiger partial charge on any atom is 0.164 e. The van der Waals surface area contributed by atoms with Gasteiger partial charge in [0.15, 0.2) is 17.5 Å². The van der Waals surface area contributed by atoms with Gasteiger partial charge in [-0.15, -0.1) is 0 Å². The first-order chi connectivity index (χ1) is 37.2. The summed E-state index contributed by atoms with van der Waals surface area (Å²) < 4.78 is 9.06. The van der Waals surface area contributed by atoms with Crippen molar-refractivity contribution in [1.29, 1.82) is 0 Å². The van der Waals surface area contributed by atoms with Crippen molar-refractivity contribution >= 4 is 54.9 Å². The lowest BCUT2D eigenvalue weighted by molar-refractivity contribution is 0.669. The summed E-state index contributed by atoms with van der Waals surface area (Å²) >= 11 is 0. The van der Waals surface area contributed by atoms with E-state index in [1.165, 1.54) is 77.5 Å². The van der Waals surface area contributed by atoms with Gasteiger partial charge in [0, 0.05) is 38.4 Å². The van der Waals surface area contributed by atoms with Crippen LogP contribution in [0.2, 0.25) is 0 Å². The van der Waals surface area contributed by atoms with Crippen molar-refractivity contribution in [2.24, 2.45) is 0 Å². The monoisotopic (exact) mass is 956 g/mol. The van der Waals surface area contributed by atoms with Gasteiger partial charge in [-0.3, -0.25) is 0 Å². The van der Waals surface area contributed by atoms with E-state index in [9.17, 15) is 0 Å². The summed E-state index contributed by atoms with van der Waals surface area (Å²) in [7, 11) is 0. The molecule has 0 N–H and O–H groups in total. The van der Waals surface area contributed by atoms with Crippen molar-refractivity contribution in [2.45, 2.75) is 18.3 Å². The Balaban J connectivity index is 0.884. The highest BCUT2D eigenvalue weighted by molar-refractivity contribution is 6.14. The molecule has 3 aliphatic carbocycles. The third-order valence-electron chi connectivity index (χ3n) is 16.2. The molecule has 16 rings (SSSR count). The number of allylic oxidation sites excluding steroid dienone is 4. The second kappa shape index (κ2) is 16.1. The van der Waals surface area contributed by atoms with Crippen LogP contribution in [-0.2, 0) is 5.41 Å². The molecule has 13 aromatic rings. The number of aromatic nitrogens is 4. The third kappa shape index (κ3) is 6.16. The number of hydrogen-bond acceptors (Lipinski definition) is 4. The summed E-state index contributed by atoms with van der Waals surface area (Å²) in [4.78, 5) is 16.4. The Bertz CT molecular complexity index is 4530. The van der Waals surface area contributed by atoms with Gasteiger partial charge in [-0.05, 0) is 140 Å². The van der Waals surface area contributed by atoms with Crippen molar-refractivity contribution in [3.8, 4) is 61.8 Å². The Morgan fingerprint density at radius 3 is 1.64 bits per heavy atom. The van der Waals surface area contributed by atoms with Gasteiger partial charge in [0.1, 0.15) is 11.2 Å². The Kier molecular flexibility index (Phi) is 9.01. The highest BCUT2D eigenvalue weighted by Gasteiger charge is 2.51. The maximum absolute atomic E-state index is 6.70. The van der Waals surface area contributed by atoms with E-state index in [1.54, 1.807) is 0 Å². The summed E-state index contributed by atoms with van der Waals surface area (Å²) in [5.41, 5.74) is 22.5. The number of fused-ring (bicyclic) bond motifs is 16. The maximum atomic E-state index is 6.70. The first kappa shape index (κ1) is 41.9. The molecule has 0 fully saturated rings. The van der Waals surface area contributed by atoms with Crippen LogP contribution in [0.25, 0.3) is 117 Å². The van der Waals surface area contributed by atoms with E-state index >= 15 is 0 Å². The van der Waals surface area contributed by atoms with Gasteiger partial charge in [0.05, 0.1) is 16.4 Å². The average molecular weight is 957 g/mol. The highest BCUT2D eigenvalue weighted by atomic mass is 16.3. The molecule has 0 saturated heterocycles. The molecular formula is C70H44N4O. The van der Waals surface area contributed by atoms with E-state index < -0.39 is 5.41 Å². The zero-order valence-corrected chi connectivity index (χ0v) is 40.7. The number of nitrogens with zero attached hydrogens (tertiary/aromatic N) is 4. The average Bonchev–Trinajstić information content (AvgIpc) is 4.21.